The van der Waals surface area contributed by atoms with E-state index in [1.165, 1.54) is 0 Å². The van der Waals surface area contributed by atoms with Gasteiger partial charge in [0.2, 0.25) is 0 Å². The number of halogens is 1. The van der Waals surface area contributed by atoms with Crippen molar-refractivity contribution < 1.29 is 19.1 Å². The van der Waals surface area contributed by atoms with Crippen molar-refractivity contribution in [1.82, 2.24) is 5.32 Å². The van der Waals surface area contributed by atoms with E-state index in [1.807, 2.05) is 31.2 Å². The summed E-state index contributed by atoms with van der Waals surface area (Å²) in [7, 11) is 0. The molecule has 0 saturated carbocycles. The molecule has 1 aromatic carbocycles. The van der Waals surface area contributed by atoms with Gasteiger partial charge in [-0.2, -0.15) is 0 Å². The fourth-order valence-electron chi connectivity index (χ4n) is 3.36. The van der Waals surface area contributed by atoms with Crippen molar-refractivity contribution in [3.63, 3.8) is 0 Å². The number of carbonyl (C=O) groups excluding carboxylic acids is 2. The summed E-state index contributed by atoms with van der Waals surface area (Å²) >= 11 is 3.42. The lowest BCUT2D eigenvalue weighted by molar-refractivity contribution is -0.151. The summed E-state index contributed by atoms with van der Waals surface area (Å²) in [6.07, 6.45) is 0.687. The molecule has 1 fully saturated rings. The predicted molar refractivity (Wildman–Crippen MR) is 94.3 cm³/mol. The summed E-state index contributed by atoms with van der Waals surface area (Å²) in [5.74, 6) is -1.14. The Morgan fingerprint density at radius 3 is 2.17 bits per heavy atom. The number of ether oxygens (including phenoxy) is 2. The molecule has 0 radical (unpaired) electrons. The average molecular weight is 398 g/mol. The topological polar surface area (TPSA) is 64.6 Å². The van der Waals surface area contributed by atoms with Crippen LogP contribution in [0, 0.1) is 11.8 Å². The molecule has 2 rings (SSSR count). The Morgan fingerprint density at radius 2 is 1.62 bits per heavy atom. The molecule has 1 aliphatic rings. The quantitative estimate of drug-likeness (QED) is 0.746. The van der Waals surface area contributed by atoms with Gasteiger partial charge >= 0.3 is 11.9 Å². The molecule has 0 bridgehead atoms. The minimum atomic E-state index is -0.502. The van der Waals surface area contributed by atoms with Gasteiger partial charge in [-0.3, -0.25) is 14.9 Å². The molecule has 132 valence electrons. The Morgan fingerprint density at radius 1 is 1.04 bits per heavy atom. The van der Waals surface area contributed by atoms with E-state index in [4.69, 9.17) is 9.47 Å². The van der Waals surface area contributed by atoms with Crippen LogP contribution in [0.5, 0.6) is 0 Å². The Labute approximate surface area is 151 Å². The first kappa shape index (κ1) is 18.9. The third kappa shape index (κ3) is 3.98. The molecular formula is C18H24BrNO4. The van der Waals surface area contributed by atoms with Gasteiger partial charge in [0, 0.05) is 10.5 Å². The van der Waals surface area contributed by atoms with Crippen LogP contribution < -0.4 is 5.32 Å². The van der Waals surface area contributed by atoms with E-state index in [-0.39, 0.29) is 23.9 Å². The van der Waals surface area contributed by atoms with Crippen molar-refractivity contribution in [2.75, 3.05) is 13.2 Å². The van der Waals surface area contributed by atoms with E-state index in [9.17, 15) is 9.59 Å². The highest BCUT2D eigenvalue weighted by Gasteiger charge is 2.50. The predicted octanol–water partition coefficient (Wildman–Crippen LogP) is 3.23. The Bertz CT molecular complexity index is 575. The Balaban J connectivity index is 2.36. The number of rotatable bonds is 6. The first-order chi connectivity index (χ1) is 11.5. The highest BCUT2D eigenvalue weighted by molar-refractivity contribution is 9.10. The maximum atomic E-state index is 12.6. The zero-order chi connectivity index (χ0) is 17.7. The molecule has 1 heterocycles. The van der Waals surface area contributed by atoms with Crippen molar-refractivity contribution in [1.29, 1.82) is 0 Å². The molecule has 1 N–H and O–H groups in total. The lowest BCUT2D eigenvalue weighted by Crippen LogP contribution is -2.38. The lowest BCUT2D eigenvalue weighted by Gasteiger charge is -2.22. The van der Waals surface area contributed by atoms with Gasteiger partial charge in [-0.15, -0.1) is 0 Å². The standard InChI is InChI=1S/C18H24BrNO4/c1-4-13-14(17(21)23-5-2)15(11-7-9-12(19)10-8-11)20-16(13)18(22)24-6-3/h7-10,13-16,20H,4-6H2,1-3H3. The molecule has 1 aromatic rings. The van der Waals surface area contributed by atoms with Crippen molar-refractivity contribution in [2.45, 2.75) is 39.3 Å². The van der Waals surface area contributed by atoms with Crippen LogP contribution in [0.25, 0.3) is 0 Å². The highest BCUT2D eigenvalue weighted by Crippen LogP contribution is 2.40. The fourth-order valence-corrected chi connectivity index (χ4v) is 3.63. The van der Waals surface area contributed by atoms with Gasteiger partial charge in [0.25, 0.3) is 0 Å². The van der Waals surface area contributed by atoms with Gasteiger partial charge in [0.1, 0.15) is 6.04 Å². The molecule has 0 aliphatic carbocycles. The third-order valence-corrected chi connectivity index (χ3v) is 4.94. The molecule has 5 nitrogen and oxygen atoms in total. The van der Waals surface area contributed by atoms with Gasteiger partial charge in [0.05, 0.1) is 19.1 Å². The minimum Gasteiger partial charge on any atom is -0.466 e. The van der Waals surface area contributed by atoms with Gasteiger partial charge in [0.15, 0.2) is 0 Å². The first-order valence-corrected chi connectivity index (χ1v) is 9.17. The second-order valence-corrected chi connectivity index (χ2v) is 6.69. The SMILES string of the molecule is CCOC(=O)C1NC(c2ccc(Br)cc2)C(C(=O)OCC)C1CC. The highest BCUT2D eigenvalue weighted by atomic mass is 79.9. The molecule has 0 aromatic heterocycles. The summed E-state index contributed by atoms with van der Waals surface area (Å²) < 4.78 is 11.4. The molecule has 24 heavy (non-hydrogen) atoms. The number of esters is 2. The van der Waals surface area contributed by atoms with Crippen LogP contribution >= 0.6 is 15.9 Å². The monoisotopic (exact) mass is 397 g/mol. The van der Waals surface area contributed by atoms with Gasteiger partial charge in [-0.1, -0.05) is 41.4 Å². The van der Waals surface area contributed by atoms with E-state index in [2.05, 4.69) is 21.2 Å². The van der Waals surface area contributed by atoms with Crippen molar-refractivity contribution in [3.8, 4) is 0 Å². The van der Waals surface area contributed by atoms with Crippen LogP contribution in [0.2, 0.25) is 0 Å². The summed E-state index contributed by atoms with van der Waals surface area (Å²) in [5.41, 5.74) is 0.960. The lowest BCUT2D eigenvalue weighted by atomic mass is 9.83. The summed E-state index contributed by atoms with van der Waals surface area (Å²) in [5, 5.41) is 3.31. The molecule has 6 heteroatoms. The number of nitrogens with one attached hydrogen (secondary N) is 1. The summed E-state index contributed by atoms with van der Waals surface area (Å²) in [6, 6.07) is 6.99. The largest absolute Gasteiger partial charge is 0.466 e. The average Bonchev–Trinajstić information content (AvgIpc) is 2.95. The van der Waals surface area contributed by atoms with E-state index in [1.54, 1.807) is 13.8 Å². The molecule has 4 unspecified atom stereocenters. The van der Waals surface area contributed by atoms with Crippen molar-refractivity contribution in [2.24, 2.45) is 11.8 Å². The first-order valence-electron chi connectivity index (χ1n) is 8.38. The zero-order valence-corrected chi connectivity index (χ0v) is 15.8. The normalized spacial score (nSPS) is 26.2. The molecule has 4 atom stereocenters. The van der Waals surface area contributed by atoms with Crippen LogP contribution in [-0.4, -0.2) is 31.2 Å². The molecule has 1 aliphatic heterocycles. The van der Waals surface area contributed by atoms with Crippen molar-refractivity contribution in [3.05, 3.63) is 34.3 Å². The molecule has 0 amide bonds. The summed E-state index contributed by atoms with van der Waals surface area (Å²) in [6.45, 7) is 6.19. The number of hydrogen-bond donors (Lipinski definition) is 1. The smallest absolute Gasteiger partial charge is 0.323 e. The second kappa shape index (κ2) is 8.62. The van der Waals surface area contributed by atoms with E-state index < -0.39 is 12.0 Å². The Kier molecular flexibility index (Phi) is 6.80. The van der Waals surface area contributed by atoms with Crippen LogP contribution in [-0.2, 0) is 19.1 Å². The summed E-state index contributed by atoms with van der Waals surface area (Å²) in [4.78, 5) is 24.9. The van der Waals surface area contributed by atoms with Crippen LogP contribution in [0.3, 0.4) is 0 Å². The molecular weight excluding hydrogens is 374 g/mol. The fraction of sp³-hybridized carbons (Fsp3) is 0.556. The van der Waals surface area contributed by atoms with E-state index in [0.29, 0.717) is 19.6 Å². The van der Waals surface area contributed by atoms with E-state index >= 15 is 0 Å². The van der Waals surface area contributed by atoms with E-state index in [0.717, 1.165) is 10.0 Å². The number of benzene rings is 1. The molecule has 0 spiro atoms. The zero-order valence-electron chi connectivity index (χ0n) is 14.3. The second-order valence-electron chi connectivity index (χ2n) is 5.78. The number of hydrogen-bond acceptors (Lipinski definition) is 5. The maximum absolute atomic E-state index is 12.6. The van der Waals surface area contributed by atoms with Crippen LogP contribution in [0.15, 0.2) is 28.7 Å². The van der Waals surface area contributed by atoms with Crippen LogP contribution in [0.4, 0.5) is 0 Å². The van der Waals surface area contributed by atoms with Crippen LogP contribution in [0.1, 0.15) is 38.8 Å². The maximum Gasteiger partial charge on any atom is 0.323 e. The Hall–Kier alpha value is -1.40. The van der Waals surface area contributed by atoms with Crippen molar-refractivity contribution >= 4 is 27.9 Å². The number of carbonyl (C=O) groups is 2. The minimum absolute atomic E-state index is 0.156. The third-order valence-electron chi connectivity index (χ3n) is 4.41. The van der Waals surface area contributed by atoms with Gasteiger partial charge < -0.3 is 9.47 Å². The molecule has 1 saturated heterocycles. The van der Waals surface area contributed by atoms with Gasteiger partial charge in [-0.25, -0.2) is 0 Å². The van der Waals surface area contributed by atoms with Gasteiger partial charge in [-0.05, 0) is 37.5 Å².